The van der Waals surface area contributed by atoms with Crippen molar-refractivity contribution in [3.8, 4) is 0 Å². The van der Waals surface area contributed by atoms with Crippen LogP contribution in [0, 0.1) is 5.82 Å². The largest absolute Gasteiger partial charge is 0.312 e. The van der Waals surface area contributed by atoms with Crippen LogP contribution in [0.3, 0.4) is 0 Å². The number of benzene rings is 2. The van der Waals surface area contributed by atoms with Crippen LogP contribution in [-0.4, -0.2) is 6.54 Å². The molecule has 0 bridgehead atoms. The Morgan fingerprint density at radius 1 is 0.900 bits per heavy atom. The van der Waals surface area contributed by atoms with E-state index in [1.807, 2.05) is 12.1 Å². The molecule has 0 aliphatic carbocycles. The van der Waals surface area contributed by atoms with Gasteiger partial charge in [0.1, 0.15) is 5.82 Å². The molecule has 0 amide bonds. The summed E-state index contributed by atoms with van der Waals surface area (Å²) in [4.78, 5) is 0. The maximum absolute atomic E-state index is 13.1. The fraction of sp³-hybridized carbons (Fsp3) is 0.200. The highest BCUT2D eigenvalue weighted by molar-refractivity contribution is 6.35. The first-order chi connectivity index (χ1) is 9.56. The smallest absolute Gasteiger partial charge is 0.123 e. The summed E-state index contributed by atoms with van der Waals surface area (Å²) in [6.07, 6.45) is 0.767. The fourth-order valence-electron chi connectivity index (χ4n) is 1.85. The third kappa shape index (κ3) is 4.35. The van der Waals surface area contributed by atoms with E-state index >= 15 is 0 Å². The van der Waals surface area contributed by atoms with Crippen molar-refractivity contribution in [2.75, 3.05) is 6.54 Å². The van der Waals surface area contributed by atoms with Crippen LogP contribution in [0.15, 0.2) is 36.4 Å². The second kappa shape index (κ2) is 7.28. The topological polar surface area (TPSA) is 12.0 Å². The Labute approximate surface area is 132 Å². The maximum Gasteiger partial charge on any atom is 0.123 e. The molecule has 2 rings (SSSR count). The van der Waals surface area contributed by atoms with Crippen molar-refractivity contribution in [2.45, 2.75) is 13.0 Å². The first kappa shape index (κ1) is 15.6. The van der Waals surface area contributed by atoms with Crippen molar-refractivity contribution in [3.05, 3.63) is 68.4 Å². The van der Waals surface area contributed by atoms with Crippen LogP contribution in [0.1, 0.15) is 11.1 Å². The van der Waals surface area contributed by atoms with Crippen molar-refractivity contribution in [1.82, 2.24) is 5.32 Å². The van der Waals surface area contributed by atoms with Gasteiger partial charge >= 0.3 is 0 Å². The van der Waals surface area contributed by atoms with Gasteiger partial charge in [-0.1, -0.05) is 40.9 Å². The van der Waals surface area contributed by atoms with E-state index < -0.39 is 0 Å². The molecule has 5 heteroatoms. The molecule has 0 atom stereocenters. The van der Waals surface area contributed by atoms with Gasteiger partial charge in [0, 0.05) is 21.6 Å². The summed E-state index contributed by atoms with van der Waals surface area (Å²) < 4.78 is 13.1. The molecule has 20 heavy (non-hydrogen) atoms. The lowest BCUT2D eigenvalue weighted by molar-refractivity contribution is 0.620. The summed E-state index contributed by atoms with van der Waals surface area (Å²) >= 11 is 17.9. The summed E-state index contributed by atoms with van der Waals surface area (Å²) in [5.41, 5.74) is 1.77. The van der Waals surface area contributed by atoms with E-state index in [1.165, 1.54) is 12.1 Å². The van der Waals surface area contributed by atoms with Gasteiger partial charge in [-0.25, -0.2) is 4.39 Å². The lowest BCUT2D eigenvalue weighted by Crippen LogP contribution is -2.17. The van der Waals surface area contributed by atoms with Crippen LogP contribution >= 0.6 is 34.8 Å². The molecule has 0 saturated carbocycles. The average molecular weight is 333 g/mol. The summed E-state index contributed by atoms with van der Waals surface area (Å²) in [5, 5.41) is 5.06. The van der Waals surface area contributed by atoms with Gasteiger partial charge in [-0.2, -0.15) is 0 Å². The van der Waals surface area contributed by atoms with Crippen LogP contribution in [-0.2, 0) is 13.0 Å². The molecular formula is C15H13Cl3FN. The van der Waals surface area contributed by atoms with Crippen molar-refractivity contribution < 1.29 is 4.39 Å². The van der Waals surface area contributed by atoms with E-state index in [0.717, 1.165) is 17.5 Å². The standard InChI is InChI=1S/C15H13Cl3FN/c16-12-2-1-10(15(18)8-12)5-6-20-9-11-7-13(19)3-4-14(11)17/h1-4,7-8,20H,5-6,9H2. The molecule has 0 saturated heterocycles. The zero-order chi connectivity index (χ0) is 14.5. The van der Waals surface area contributed by atoms with Gasteiger partial charge in [0.05, 0.1) is 0 Å². The first-order valence-corrected chi connectivity index (χ1v) is 7.28. The minimum absolute atomic E-state index is 0.285. The third-order valence-electron chi connectivity index (χ3n) is 2.91. The van der Waals surface area contributed by atoms with Crippen LogP contribution in [0.2, 0.25) is 15.1 Å². The van der Waals surface area contributed by atoms with Gasteiger partial charge in [0.15, 0.2) is 0 Å². The molecule has 0 heterocycles. The van der Waals surface area contributed by atoms with E-state index in [1.54, 1.807) is 12.1 Å². The van der Waals surface area contributed by atoms with Crippen molar-refractivity contribution in [3.63, 3.8) is 0 Å². The molecule has 1 nitrogen and oxygen atoms in total. The molecule has 0 spiro atoms. The number of hydrogen-bond acceptors (Lipinski definition) is 1. The molecule has 1 N–H and O–H groups in total. The van der Waals surface area contributed by atoms with Gasteiger partial charge in [0.2, 0.25) is 0 Å². The number of hydrogen-bond donors (Lipinski definition) is 1. The number of nitrogens with one attached hydrogen (secondary N) is 1. The molecule has 2 aromatic carbocycles. The highest BCUT2D eigenvalue weighted by Gasteiger charge is 2.03. The summed E-state index contributed by atoms with van der Waals surface area (Å²) in [6, 6.07) is 9.78. The molecule has 0 aromatic heterocycles. The highest BCUT2D eigenvalue weighted by Crippen LogP contribution is 2.21. The predicted molar refractivity (Wildman–Crippen MR) is 83.3 cm³/mol. The van der Waals surface area contributed by atoms with Crippen LogP contribution in [0.4, 0.5) is 4.39 Å². The van der Waals surface area contributed by atoms with Crippen molar-refractivity contribution in [1.29, 1.82) is 0 Å². The van der Waals surface area contributed by atoms with Crippen LogP contribution in [0.5, 0.6) is 0 Å². The maximum atomic E-state index is 13.1. The SMILES string of the molecule is Fc1ccc(Cl)c(CNCCc2ccc(Cl)cc2Cl)c1. The fourth-order valence-corrected chi connectivity index (χ4v) is 2.54. The predicted octanol–water partition coefficient (Wildman–Crippen LogP) is 5.12. The third-order valence-corrected chi connectivity index (χ3v) is 3.87. The molecule has 0 aliphatic heterocycles. The quantitative estimate of drug-likeness (QED) is 0.750. The molecule has 0 fully saturated rings. The zero-order valence-electron chi connectivity index (χ0n) is 10.6. The Bertz CT molecular complexity index is 602. The Kier molecular flexibility index (Phi) is 5.67. The number of rotatable bonds is 5. The molecule has 106 valence electrons. The minimum atomic E-state index is -0.285. The van der Waals surface area contributed by atoms with Gasteiger partial charge in [-0.05, 0) is 54.4 Å². The minimum Gasteiger partial charge on any atom is -0.312 e. The lowest BCUT2D eigenvalue weighted by atomic mass is 10.1. The van der Waals surface area contributed by atoms with E-state index in [4.69, 9.17) is 34.8 Å². The average Bonchev–Trinajstić information content (AvgIpc) is 2.40. The van der Waals surface area contributed by atoms with Gasteiger partial charge in [0.25, 0.3) is 0 Å². The van der Waals surface area contributed by atoms with Gasteiger partial charge in [-0.3, -0.25) is 0 Å². The summed E-state index contributed by atoms with van der Waals surface area (Å²) in [5.74, 6) is -0.285. The van der Waals surface area contributed by atoms with E-state index in [9.17, 15) is 4.39 Å². The normalized spacial score (nSPS) is 10.8. The van der Waals surface area contributed by atoms with Crippen molar-refractivity contribution in [2.24, 2.45) is 0 Å². The second-order valence-electron chi connectivity index (χ2n) is 4.40. The van der Waals surface area contributed by atoms with E-state index in [0.29, 0.717) is 28.2 Å². The van der Waals surface area contributed by atoms with Gasteiger partial charge in [-0.15, -0.1) is 0 Å². The first-order valence-electron chi connectivity index (χ1n) is 6.15. The highest BCUT2D eigenvalue weighted by atomic mass is 35.5. The monoisotopic (exact) mass is 331 g/mol. The second-order valence-corrected chi connectivity index (χ2v) is 5.65. The zero-order valence-corrected chi connectivity index (χ0v) is 12.9. The van der Waals surface area contributed by atoms with Crippen LogP contribution in [0.25, 0.3) is 0 Å². The Hall–Kier alpha value is -0.800. The van der Waals surface area contributed by atoms with Crippen LogP contribution < -0.4 is 5.32 Å². The Balaban J connectivity index is 1.86. The van der Waals surface area contributed by atoms with Gasteiger partial charge < -0.3 is 5.32 Å². The van der Waals surface area contributed by atoms with E-state index in [2.05, 4.69) is 5.32 Å². The molecule has 0 aliphatic rings. The van der Waals surface area contributed by atoms with E-state index in [-0.39, 0.29) is 5.82 Å². The number of halogens is 4. The molecule has 0 radical (unpaired) electrons. The summed E-state index contributed by atoms with van der Waals surface area (Å²) in [7, 11) is 0. The Morgan fingerprint density at radius 2 is 1.70 bits per heavy atom. The lowest BCUT2D eigenvalue weighted by Gasteiger charge is -2.08. The summed E-state index contributed by atoms with van der Waals surface area (Å²) in [6.45, 7) is 1.23. The molecule has 0 unspecified atom stereocenters. The Morgan fingerprint density at radius 3 is 2.45 bits per heavy atom. The molecular weight excluding hydrogens is 320 g/mol. The molecule has 2 aromatic rings. The van der Waals surface area contributed by atoms with Crippen molar-refractivity contribution >= 4 is 34.8 Å².